The molecule has 78 valence electrons. The molecule has 0 amide bonds. The Bertz CT molecular complexity index is 133. The largest absolute Gasteiger partial charge is 0.502 e. The lowest BCUT2D eigenvalue weighted by Crippen LogP contribution is -2.03. The van der Waals surface area contributed by atoms with Gasteiger partial charge in [-0.05, 0) is 31.4 Å². The molecule has 0 atom stereocenters. The average Bonchev–Trinajstić information content (AvgIpc) is 1.86. The van der Waals surface area contributed by atoms with E-state index in [9.17, 15) is 0 Å². The molecule has 0 aromatic rings. The van der Waals surface area contributed by atoms with Gasteiger partial charge in [-0.3, -0.25) is 0 Å². The predicted molar refractivity (Wildman–Crippen MR) is 60.7 cm³/mol. The Morgan fingerprint density at radius 3 is 1.62 bits per heavy atom. The molecular formula is C6H14N2O3S2. The molecule has 0 aliphatic heterocycles. The third-order valence-electron chi connectivity index (χ3n) is 0.285. The molecule has 0 unspecified atom stereocenters. The lowest BCUT2D eigenvalue weighted by Gasteiger charge is -1.84. The van der Waals surface area contributed by atoms with E-state index in [2.05, 4.69) is 47.2 Å². The van der Waals surface area contributed by atoms with Crippen LogP contribution >= 0.6 is 24.4 Å². The van der Waals surface area contributed by atoms with Gasteiger partial charge in [0.1, 0.15) is 0 Å². The van der Waals surface area contributed by atoms with Gasteiger partial charge < -0.3 is 26.4 Å². The van der Waals surface area contributed by atoms with Crippen molar-refractivity contribution in [3.05, 3.63) is 12.8 Å². The van der Waals surface area contributed by atoms with E-state index < -0.39 is 10.3 Å². The van der Waals surface area contributed by atoms with E-state index in [-0.39, 0.29) is 0 Å². The number of hydrogen-bond donors (Lipinski definition) is 4. The SMILES string of the molecule is C=COCC.NC(O)=S.NC(O)=S. The quantitative estimate of drug-likeness (QED) is 0.407. The highest BCUT2D eigenvalue weighted by molar-refractivity contribution is 7.80. The number of hydrogen-bond acceptors (Lipinski definition) is 3. The molecule has 0 radical (unpaired) electrons. The molecule has 5 nitrogen and oxygen atoms in total. The van der Waals surface area contributed by atoms with Crippen LogP contribution in [0.15, 0.2) is 12.8 Å². The van der Waals surface area contributed by atoms with Crippen LogP contribution in [0, 0.1) is 0 Å². The van der Waals surface area contributed by atoms with Crippen molar-refractivity contribution < 1.29 is 14.9 Å². The lowest BCUT2D eigenvalue weighted by atomic mass is 10.9. The highest BCUT2D eigenvalue weighted by Gasteiger charge is 1.58. The highest BCUT2D eigenvalue weighted by Crippen LogP contribution is 1.65. The molecule has 0 saturated heterocycles. The Morgan fingerprint density at radius 1 is 1.38 bits per heavy atom. The number of nitrogens with two attached hydrogens (primary N) is 2. The van der Waals surface area contributed by atoms with Crippen molar-refractivity contribution in [3.63, 3.8) is 0 Å². The van der Waals surface area contributed by atoms with Crippen LogP contribution in [-0.2, 0) is 4.74 Å². The van der Waals surface area contributed by atoms with Crippen LogP contribution < -0.4 is 11.5 Å². The fraction of sp³-hybridized carbons (Fsp3) is 0.333. The summed E-state index contributed by atoms with van der Waals surface area (Å²) in [5.41, 5.74) is 8.80. The average molecular weight is 226 g/mol. The summed E-state index contributed by atoms with van der Waals surface area (Å²) in [4.78, 5) is 0. The van der Waals surface area contributed by atoms with Crippen molar-refractivity contribution in [1.29, 1.82) is 0 Å². The van der Waals surface area contributed by atoms with Crippen molar-refractivity contribution >= 4 is 34.8 Å². The van der Waals surface area contributed by atoms with Crippen LogP contribution in [0.1, 0.15) is 6.92 Å². The van der Waals surface area contributed by atoms with E-state index in [1.165, 1.54) is 6.26 Å². The van der Waals surface area contributed by atoms with Crippen LogP contribution in [0.2, 0.25) is 0 Å². The van der Waals surface area contributed by atoms with Crippen molar-refractivity contribution in [3.8, 4) is 0 Å². The zero-order valence-electron chi connectivity index (χ0n) is 7.27. The summed E-state index contributed by atoms with van der Waals surface area (Å²) in [6.45, 7) is 5.97. The topological polar surface area (TPSA) is 102 Å². The van der Waals surface area contributed by atoms with Gasteiger partial charge in [-0.1, -0.05) is 6.58 Å². The fourth-order valence-electron chi connectivity index (χ4n) is 0.118. The molecule has 0 bridgehead atoms. The standard InChI is InChI=1S/C4H8O.2CH3NOS/c1-3-5-4-2;2*2-1(3)4/h3H,1,4H2,2H3;2*(H3,2,3,4). The van der Waals surface area contributed by atoms with Gasteiger partial charge >= 0.3 is 0 Å². The smallest absolute Gasteiger partial charge is 0.251 e. The van der Waals surface area contributed by atoms with Gasteiger partial charge in [0.25, 0.3) is 10.3 Å². The number of aliphatic hydroxyl groups is 2. The van der Waals surface area contributed by atoms with E-state index in [0.717, 1.165) is 6.61 Å². The molecule has 0 aromatic heterocycles. The first kappa shape index (κ1) is 17.9. The van der Waals surface area contributed by atoms with Crippen molar-refractivity contribution in [2.24, 2.45) is 11.5 Å². The molecule has 13 heavy (non-hydrogen) atoms. The highest BCUT2D eigenvalue weighted by atomic mass is 32.1. The monoisotopic (exact) mass is 226 g/mol. The Morgan fingerprint density at radius 2 is 1.62 bits per heavy atom. The molecule has 0 aliphatic rings. The first-order valence-electron chi connectivity index (χ1n) is 3.07. The summed E-state index contributed by atoms with van der Waals surface area (Å²) >= 11 is 7.74. The Labute approximate surface area is 88.0 Å². The Hall–Kier alpha value is -1.08. The van der Waals surface area contributed by atoms with Crippen molar-refractivity contribution in [2.75, 3.05) is 6.61 Å². The summed E-state index contributed by atoms with van der Waals surface area (Å²) in [6.07, 6.45) is 1.43. The van der Waals surface area contributed by atoms with Gasteiger partial charge in [0.15, 0.2) is 0 Å². The predicted octanol–water partition coefficient (Wildman–Crippen LogP) is 0.742. The van der Waals surface area contributed by atoms with E-state index in [1.54, 1.807) is 0 Å². The Kier molecular flexibility index (Phi) is 23.5. The Balaban J connectivity index is -0.000000117. The second-order valence-corrected chi connectivity index (χ2v) is 2.14. The molecule has 0 aromatic carbocycles. The zero-order valence-corrected chi connectivity index (χ0v) is 8.90. The van der Waals surface area contributed by atoms with Crippen LogP contribution in [0.3, 0.4) is 0 Å². The summed E-state index contributed by atoms with van der Waals surface area (Å²) in [5.74, 6) is 0. The van der Waals surface area contributed by atoms with Gasteiger partial charge in [-0.2, -0.15) is 0 Å². The minimum absolute atomic E-state index is 0.500. The maximum Gasteiger partial charge on any atom is 0.251 e. The molecule has 0 heterocycles. The summed E-state index contributed by atoms with van der Waals surface area (Å²) in [6, 6.07) is 0. The van der Waals surface area contributed by atoms with Crippen LogP contribution in [0.4, 0.5) is 0 Å². The van der Waals surface area contributed by atoms with Gasteiger partial charge in [0.2, 0.25) is 0 Å². The molecule has 6 N–H and O–H groups in total. The third kappa shape index (κ3) is 1030. The van der Waals surface area contributed by atoms with Gasteiger partial charge in [0, 0.05) is 0 Å². The molecule has 0 aliphatic carbocycles. The lowest BCUT2D eigenvalue weighted by molar-refractivity contribution is 0.270. The van der Waals surface area contributed by atoms with E-state index in [1.807, 2.05) is 6.92 Å². The molecule has 0 rings (SSSR count). The van der Waals surface area contributed by atoms with Gasteiger partial charge in [-0.15, -0.1) is 0 Å². The van der Waals surface area contributed by atoms with Crippen molar-refractivity contribution in [1.82, 2.24) is 0 Å². The number of thiocarbonyl (C=S) groups is 2. The minimum Gasteiger partial charge on any atom is -0.502 e. The van der Waals surface area contributed by atoms with Gasteiger partial charge in [-0.25, -0.2) is 0 Å². The maximum absolute atomic E-state index is 7.56. The second-order valence-electron chi connectivity index (χ2n) is 1.30. The molecule has 7 heteroatoms. The fourth-order valence-corrected chi connectivity index (χ4v) is 0.118. The minimum atomic E-state index is -0.500. The summed E-state index contributed by atoms with van der Waals surface area (Å²) < 4.78 is 4.60. The third-order valence-corrected chi connectivity index (χ3v) is 0.285. The van der Waals surface area contributed by atoms with Gasteiger partial charge in [0.05, 0.1) is 12.9 Å². The zero-order chi connectivity index (χ0) is 11.3. The number of ether oxygens (including phenoxy) is 1. The molecular weight excluding hydrogens is 212 g/mol. The summed E-state index contributed by atoms with van der Waals surface area (Å²) in [5, 5.41) is 14.1. The molecule has 0 saturated carbocycles. The summed E-state index contributed by atoms with van der Waals surface area (Å²) in [7, 11) is 0. The van der Waals surface area contributed by atoms with E-state index >= 15 is 0 Å². The van der Waals surface area contributed by atoms with Crippen LogP contribution in [0.5, 0.6) is 0 Å². The van der Waals surface area contributed by atoms with Crippen LogP contribution in [-0.4, -0.2) is 27.2 Å². The van der Waals surface area contributed by atoms with Crippen LogP contribution in [0.25, 0.3) is 0 Å². The maximum atomic E-state index is 7.56. The number of aliphatic hydroxyl groups excluding tert-OH is 2. The molecule has 0 spiro atoms. The van der Waals surface area contributed by atoms with Crippen molar-refractivity contribution in [2.45, 2.75) is 6.92 Å². The molecule has 0 fully saturated rings. The first-order valence-corrected chi connectivity index (χ1v) is 3.89. The normalized spacial score (nSPS) is 6.23. The van der Waals surface area contributed by atoms with E-state index in [0.29, 0.717) is 0 Å². The number of rotatable bonds is 2. The first-order chi connectivity index (χ1) is 5.88. The van der Waals surface area contributed by atoms with E-state index in [4.69, 9.17) is 10.2 Å². The second kappa shape index (κ2) is 17.1.